The largest absolute Gasteiger partial charge is 0.347 e. The van der Waals surface area contributed by atoms with Crippen molar-refractivity contribution in [1.82, 2.24) is 31.1 Å². The number of likely N-dealkylation sites (N-methyl/N-ethyl adjacent to an activating group) is 1. The lowest BCUT2D eigenvalue weighted by Gasteiger charge is -2.40. The third kappa shape index (κ3) is 9.09. The molecule has 0 bridgehead atoms. The summed E-state index contributed by atoms with van der Waals surface area (Å²) in [7, 11) is 1.68. The Hall–Kier alpha value is -4.29. The zero-order valence-corrected chi connectivity index (χ0v) is 32.7. The predicted molar refractivity (Wildman–Crippen MR) is 205 cm³/mol. The molecule has 288 valence electrons. The van der Waals surface area contributed by atoms with Gasteiger partial charge < -0.3 is 36.8 Å². The molecule has 0 aromatic heterocycles. The second-order valence-electron chi connectivity index (χ2n) is 17.3. The maximum atomic E-state index is 14.0. The summed E-state index contributed by atoms with van der Waals surface area (Å²) in [5.74, 6) is -1.31. The van der Waals surface area contributed by atoms with E-state index in [-0.39, 0.29) is 61.1 Å². The third-order valence-electron chi connectivity index (χ3n) is 11.0. The smallest absolute Gasteiger partial charge is 0.251 e. The van der Waals surface area contributed by atoms with Gasteiger partial charge in [-0.2, -0.15) is 0 Å². The molecule has 53 heavy (non-hydrogen) atoms. The topological polar surface area (TPSA) is 166 Å². The molecule has 0 saturated carbocycles. The van der Waals surface area contributed by atoms with E-state index in [9.17, 15) is 24.0 Å². The highest BCUT2D eigenvalue weighted by Gasteiger charge is 2.44. The fraction of sp³-hybridized carbons (Fsp3) is 0.585. The summed E-state index contributed by atoms with van der Waals surface area (Å²) in [6.45, 7) is 14.0. The van der Waals surface area contributed by atoms with Crippen molar-refractivity contribution in [3.8, 4) is 0 Å². The van der Waals surface area contributed by atoms with Gasteiger partial charge in [0.05, 0.1) is 18.6 Å². The van der Waals surface area contributed by atoms with Crippen molar-refractivity contribution >= 4 is 29.5 Å². The first-order valence-corrected chi connectivity index (χ1v) is 19.0. The minimum atomic E-state index is -0.828. The van der Waals surface area contributed by atoms with Crippen molar-refractivity contribution in [3.05, 3.63) is 70.3 Å². The van der Waals surface area contributed by atoms with E-state index in [1.165, 1.54) is 5.56 Å². The molecular weight excluding hydrogens is 670 g/mol. The number of rotatable bonds is 9. The molecule has 2 aromatic rings. The molecule has 12 nitrogen and oxygen atoms in total. The van der Waals surface area contributed by atoms with Crippen LogP contribution in [0, 0.1) is 10.8 Å². The first kappa shape index (κ1) is 39.9. The monoisotopic (exact) mass is 729 g/mol. The number of nitrogens with zero attached hydrogens (tertiary/aromatic N) is 2. The Morgan fingerprint density at radius 1 is 0.887 bits per heavy atom. The average molecular weight is 730 g/mol. The summed E-state index contributed by atoms with van der Waals surface area (Å²) in [5, 5.41) is 12.1. The highest BCUT2D eigenvalue weighted by molar-refractivity contribution is 5.96. The van der Waals surface area contributed by atoms with Crippen LogP contribution in [0.3, 0.4) is 0 Å². The Balaban J connectivity index is 1.32. The number of amides is 5. The molecule has 5 amide bonds. The van der Waals surface area contributed by atoms with Crippen molar-refractivity contribution in [1.29, 1.82) is 0 Å². The highest BCUT2D eigenvalue weighted by atomic mass is 16.2. The predicted octanol–water partition coefficient (Wildman–Crippen LogP) is 2.98. The van der Waals surface area contributed by atoms with Gasteiger partial charge in [-0.05, 0) is 91.3 Å². The lowest BCUT2D eigenvalue weighted by molar-refractivity contribution is -0.142. The van der Waals surface area contributed by atoms with Gasteiger partial charge in [-0.3, -0.25) is 24.0 Å². The summed E-state index contributed by atoms with van der Waals surface area (Å²) >= 11 is 0. The number of hydrogen-bond donors (Lipinski definition) is 5. The van der Waals surface area contributed by atoms with Gasteiger partial charge in [0.1, 0.15) is 12.1 Å². The standard InChI is InChI=1S/C41H59N7O5/c1-24-18-26-16-17-27(19-28(26)22-47(24)39(53)35(41(5,6)7)46-33(49)21-43-8)36(50)44-29-20-32(48(23-29)38(52)34(42)40(2,3)4)37(51)45-31-15-11-13-25-12-9-10-14-30(25)31/h9-10,12,14,16-17,19,24,29,31-32,34-35,43H,11,13,15,18,20-23,42H2,1-8H3,(H,44,50)(H,45,51)(H,46,49)/t24?,29-,31+,32-,34+,35?/m0/s1. The fourth-order valence-electron chi connectivity index (χ4n) is 7.79. The van der Waals surface area contributed by atoms with E-state index >= 15 is 0 Å². The van der Waals surface area contributed by atoms with Crippen LogP contribution in [0.5, 0.6) is 0 Å². The van der Waals surface area contributed by atoms with Crippen molar-refractivity contribution in [2.24, 2.45) is 16.6 Å². The van der Waals surface area contributed by atoms with Gasteiger partial charge in [0, 0.05) is 30.7 Å². The minimum absolute atomic E-state index is 0.104. The second-order valence-corrected chi connectivity index (χ2v) is 17.3. The Kier molecular flexibility index (Phi) is 12.0. The summed E-state index contributed by atoms with van der Waals surface area (Å²) in [6.07, 6.45) is 3.60. The quantitative estimate of drug-likeness (QED) is 0.265. The van der Waals surface area contributed by atoms with Gasteiger partial charge in [-0.1, -0.05) is 71.9 Å². The van der Waals surface area contributed by atoms with Gasteiger partial charge in [0.2, 0.25) is 23.6 Å². The van der Waals surface area contributed by atoms with E-state index < -0.39 is 35.0 Å². The van der Waals surface area contributed by atoms with Crippen LogP contribution in [-0.2, 0) is 38.6 Å². The molecule has 2 aliphatic heterocycles. The maximum Gasteiger partial charge on any atom is 0.251 e. The van der Waals surface area contributed by atoms with E-state index in [1.807, 2.05) is 72.7 Å². The summed E-state index contributed by atoms with van der Waals surface area (Å²) in [5.41, 5.74) is 10.1. The van der Waals surface area contributed by atoms with E-state index in [0.717, 1.165) is 36.0 Å². The second kappa shape index (κ2) is 16.0. The molecular formula is C41H59N7O5. The molecule has 1 saturated heterocycles. The molecule has 0 spiro atoms. The van der Waals surface area contributed by atoms with Crippen LogP contribution in [0.1, 0.15) is 106 Å². The van der Waals surface area contributed by atoms with Gasteiger partial charge in [0.15, 0.2) is 0 Å². The highest BCUT2D eigenvalue weighted by Crippen LogP contribution is 2.32. The number of carbonyl (C=O) groups excluding carboxylic acids is 5. The number of carbonyl (C=O) groups is 5. The summed E-state index contributed by atoms with van der Waals surface area (Å²) < 4.78 is 0. The molecule has 12 heteroatoms. The van der Waals surface area contributed by atoms with E-state index in [0.29, 0.717) is 18.5 Å². The van der Waals surface area contributed by atoms with Crippen molar-refractivity contribution in [3.63, 3.8) is 0 Å². The van der Waals surface area contributed by atoms with Crippen molar-refractivity contribution < 1.29 is 24.0 Å². The van der Waals surface area contributed by atoms with E-state index in [1.54, 1.807) is 22.9 Å². The maximum absolute atomic E-state index is 14.0. The van der Waals surface area contributed by atoms with E-state index in [2.05, 4.69) is 33.4 Å². The number of hydrogen-bond acceptors (Lipinski definition) is 7. The van der Waals surface area contributed by atoms with Crippen molar-refractivity contribution in [2.75, 3.05) is 20.1 Å². The van der Waals surface area contributed by atoms with Gasteiger partial charge in [0.25, 0.3) is 5.91 Å². The number of nitrogens with one attached hydrogen (secondary N) is 4. The molecule has 0 radical (unpaired) electrons. The van der Waals surface area contributed by atoms with Crippen LogP contribution in [0.2, 0.25) is 0 Å². The van der Waals surface area contributed by atoms with Crippen LogP contribution in [0.4, 0.5) is 0 Å². The number of fused-ring (bicyclic) bond motifs is 2. The molecule has 5 rings (SSSR count). The summed E-state index contributed by atoms with van der Waals surface area (Å²) in [4.78, 5) is 71.4. The Morgan fingerprint density at radius 3 is 2.28 bits per heavy atom. The molecule has 6 N–H and O–H groups in total. The third-order valence-corrected chi connectivity index (χ3v) is 11.0. The zero-order valence-electron chi connectivity index (χ0n) is 32.7. The lowest BCUT2D eigenvalue weighted by Crippen LogP contribution is -2.58. The fourth-order valence-corrected chi connectivity index (χ4v) is 7.79. The molecule has 2 unspecified atom stereocenters. The number of nitrogens with two attached hydrogens (primary N) is 1. The van der Waals surface area contributed by atoms with Gasteiger partial charge in [-0.15, -0.1) is 0 Å². The first-order valence-electron chi connectivity index (χ1n) is 19.0. The van der Waals surface area contributed by atoms with Gasteiger partial charge >= 0.3 is 0 Å². The molecule has 1 aliphatic carbocycles. The van der Waals surface area contributed by atoms with Crippen LogP contribution < -0.4 is 27.0 Å². The number of benzene rings is 2. The lowest BCUT2D eigenvalue weighted by atomic mass is 9.84. The van der Waals surface area contributed by atoms with Crippen LogP contribution in [0.15, 0.2) is 42.5 Å². The Morgan fingerprint density at radius 2 is 1.60 bits per heavy atom. The van der Waals surface area contributed by atoms with Crippen molar-refractivity contribution in [2.45, 2.75) is 123 Å². The number of likely N-dealkylation sites (tertiary alicyclic amines) is 1. The summed E-state index contributed by atoms with van der Waals surface area (Å²) in [6, 6.07) is 10.6. The zero-order chi connectivity index (χ0) is 38.8. The molecule has 2 aromatic carbocycles. The SMILES string of the molecule is CNCC(=O)NC(C(=O)N1Cc2cc(C(=O)N[C@H]3C[C@@H](C(=O)N[C@@H]4CCCc5ccccc54)N(C(=O)[C@@H](N)C(C)(C)C)C3)ccc2CC1C)C(C)(C)C. The average Bonchev–Trinajstić information content (AvgIpc) is 3.52. The normalized spacial score (nSPS) is 22.6. The molecule has 1 fully saturated rings. The van der Waals surface area contributed by atoms with Crippen LogP contribution >= 0.6 is 0 Å². The molecule has 3 aliphatic rings. The number of aryl methyl sites for hydroxylation is 1. The minimum Gasteiger partial charge on any atom is -0.347 e. The Bertz CT molecular complexity index is 1710. The van der Waals surface area contributed by atoms with Crippen LogP contribution in [-0.4, -0.2) is 89.7 Å². The van der Waals surface area contributed by atoms with Gasteiger partial charge in [-0.25, -0.2) is 0 Å². The first-order chi connectivity index (χ1) is 24.9. The van der Waals surface area contributed by atoms with E-state index in [4.69, 9.17) is 5.73 Å². The molecule has 2 heterocycles. The molecule has 6 atom stereocenters. The van der Waals surface area contributed by atoms with Crippen LogP contribution in [0.25, 0.3) is 0 Å². The Labute approximate surface area is 314 Å².